The lowest BCUT2D eigenvalue weighted by atomic mass is 10.2. The third-order valence-corrected chi connectivity index (χ3v) is 3.36. The zero-order valence-corrected chi connectivity index (χ0v) is 10.2. The highest BCUT2D eigenvalue weighted by Crippen LogP contribution is 2.31. The van der Waals surface area contributed by atoms with Crippen molar-refractivity contribution in [3.05, 3.63) is 12.7 Å². The minimum absolute atomic E-state index is 0.251. The standard InChI is InChI=1S/C10H12ClN5O2/c11-2-6-5(17)1-7(18-6)16-4-15-8-9(12)13-3-14-10(8)16/h3-7,17H,1-2H2,(H2,12,13,14). The molecule has 1 aliphatic heterocycles. The number of aromatic nitrogens is 4. The summed E-state index contributed by atoms with van der Waals surface area (Å²) in [7, 11) is 0. The Kier molecular flexibility index (Phi) is 2.81. The molecule has 0 spiro atoms. The van der Waals surface area contributed by atoms with E-state index in [1.165, 1.54) is 6.33 Å². The van der Waals surface area contributed by atoms with Gasteiger partial charge in [-0.25, -0.2) is 15.0 Å². The fraction of sp³-hybridized carbons (Fsp3) is 0.500. The Morgan fingerprint density at radius 2 is 2.33 bits per heavy atom. The minimum Gasteiger partial charge on any atom is -0.390 e. The second kappa shape index (κ2) is 4.34. The molecular formula is C10H12ClN5O2. The Hall–Kier alpha value is -1.44. The molecule has 3 unspecified atom stereocenters. The van der Waals surface area contributed by atoms with Gasteiger partial charge in [0.1, 0.15) is 18.1 Å². The van der Waals surface area contributed by atoms with E-state index in [0.29, 0.717) is 23.4 Å². The van der Waals surface area contributed by atoms with Gasteiger partial charge in [-0.05, 0) is 0 Å². The van der Waals surface area contributed by atoms with Gasteiger partial charge < -0.3 is 15.6 Å². The fourth-order valence-electron chi connectivity index (χ4n) is 2.11. The van der Waals surface area contributed by atoms with Crippen LogP contribution >= 0.6 is 11.6 Å². The molecule has 1 aliphatic rings. The maximum Gasteiger partial charge on any atom is 0.167 e. The summed E-state index contributed by atoms with van der Waals surface area (Å²) >= 11 is 5.72. The molecule has 1 fully saturated rings. The summed E-state index contributed by atoms with van der Waals surface area (Å²) < 4.78 is 7.39. The highest BCUT2D eigenvalue weighted by atomic mass is 35.5. The lowest BCUT2D eigenvalue weighted by molar-refractivity contribution is -0.00442. The molecule has 0 bridgehead atoms. The number of anilines is 1. The number of aliphatic hydroxyl groups excluding tert-OH is 1. The average Bonchev–Trinajstić information content (AvgIpc) is 2.93. The van der Waals surface area contributed by atoms with Crippen molar-refractivity contribution in [2.45, 2.75) is 24.9 Å². The SMILES string of the molecule is Nc1ncnc2c1ncn2C1CC(O)C(CCl)O1. The molecule has 0 saturated carbocycles. The summed E-state index contributed by atoms with van der Waals surface area (Å²) in [5.74, 6) is 0.577. The van der Waals surface area contributed by atoms with Crippen LogP contribution in [0.4, 0.5) is 5.82 Å². The van der Waals surface area contributed by atoms with E-state index >= 15 is 0 Å². The van der Waals surface area contributed by atoms with E-state index in [4.69, 9.17) is 22.1 Å². The van der Waals surface area contributed by atoms with Gasteiger partial charge in [0.2, 0.25) is 0 Å². The third kappa shape index (κ3) is 1.71. The predicted octanol–water partition coefficient (Wildman–Crippen LogP) is 0.296. The van der Waals surface area contributed by atoms with Crippen molar-refractivity contribution < 1.29 is 9.84 Å². The van der Waals surface area contributed by atoms with E-state index in [-0.39, 0.29) is 18.2 Å². The molecule has 8 heteroatoms. The number of alkyl halides is 1. The minimum atomic E-state index is -0.580. The molecule has 1 saturated heterocycles. The van der Waals surface area contributed by atoms with Crippen molar-refractivity contribution in [2.75, 3.05) is 11.6 Å². The number of halogens is 1. The van der Waals surface area contributed by atoms with Gasteiger partial charge in [0.25, 0.3) is 0 Å². The van der Waals surface area contributed by atoms with Crippen LogP contribution in [0.15, 0.2) is 12.7 Å². The number of fused-ring (bicyclic) bond motifs is 1. The van der Waals surface area contributed by atoms with Gasteiger partial charge in [0.15, 0.2) is 11.5 Å². The molecular weight excluding hydrogens is 258 g/mol. The van der Waals surface area contributed by atoms with Crippen LogP contribution in [0.1, 0.15) is 12.6 Å². The van der Waals surface area contributed by atoms with Gasteiger partial charge in [0, 0.05) is 6.42 Å². The van der Waals surface area contributed by atoms with Crippen molar-refractivity contribution >= 4 is 28.6 Å². The number of imidazole rings is 1. The van der Waals surface area contributed by atoms with Crippen LogP contribution in [0.25, 0.3) is 11.2 Å². The summed E-state index contributed by atoms with van der Waals surface area (Å²) in [5.41, 5.74) is 6.84. The Bertz CT molecular complexity index is 574. The molecule has 3 rings (SSSR count). The molecule has 96 valence electrons. The quantitative estimate of drug-likeness (QED) is 0.761. The number of rotatable bonds is 2. The maximum absolute atomic E-state index is 9.78. The second-order valence-corrected chi connectivity index (χ2v) is 4.48. The number of ether oxygens (including phenoxy) is 1. The predicted molar refractivity (Wildman–Crippen MR) is 65.0 cm³/mol. The summed E-state index contributed by atoms with van der Waals surface area (Å²) in [6, 6.07) is 0. The smallest absolute Gasteiger partial charge is 0.167 e. The lowest BCUT2D eigenvalue weighted by Crippen LogP contribution is -2.22. The van der Waals surface area contributed by atoms with Crippen LogP contribution in [0.3, 0.4) is 0 Å². The molecule has 0 radical (unpaired) electrons. The lowest BCUT2D eigenvalue weighted by Gasteiger charge is -2.13. The molecule has 3 N–H and O–H groups in total. The van der Waals surface area contributed by atoms with Gasteiger partial charge >= 0.3 is 0 Å². The van der Waals surface area contributed by atoms with Gasteiger partial charge in [0.05, 0.1) is 24.4 Å². The summed E-state index contributed by atoms with van der Waals surface area (Å²) in [5, 5.41) is 9.78. The Morgan fingerprint density at radius 3 is 3.06 bits per heavy atom. The van der Waals surface area contributed by atoms with Crippen molar-refractivity contribution in [2.24, 2.45) is 0 Å². The third-order valence-electron chi connectivity index (χ3n) is 3.05. The van der Waals surface area contributed by atoms with Gasteiger partial charge in [-0.1, -0.05) is 0 Å². The number of nitrogens with two attached hydrogens (primary N) is 1. The zero-order valence-electron chi connectivity index (χ0n) is 9.40. The topological polar surface area (TPSA) is 99.1 Å². The number of aliphatic hydroxyl groups is 1. The fourth-order valence-corrected chi connectivity index (χ4v) is 2.38. The van der Waals surface area contributed by atoms with Crippen LogP contribution in [0.5, 0.6) is 0 Å². The Balaban J connectivity index is 1.99. The van der Waals surface area contributed by atoms with Crippen LogP contribution in [-0.2, 0) is 4.74 Å². The van der Waals surface area contributed by atoms with Crippen molar-refractivity contribution in [3.8, 4) is 0 Å². The van der Waals surface area contributed by atoms with Crippen LogP contribution in [0, 0.1) is 0 Å². The monoisotopic (exact) mass is 269 g/mol. The molecule has 0 aromatic carbocycles. The molecule has 0 amide bonds. The number of hydrogen-bond acceptors (Lipinski definition) is 6. The largest absolute Gasteiger partial charge is 0.390 e. The first-order valence-corrected chi connectivity index (χ1v) is 6.06. The highest BCUT2D eigenvalue weighted by molar-refractivity contribution is 6.18. The molecule has 2 aromatic rings. The number of nitrogen functional groups attached to an aromatic ring is 1. The molecule has 18 heavy (non-hydrogen) atoms. The van der Waals surface area contributed by atoms with Gasteiger partial charge in [-0.15, -0.1) is 11.6 Å². The van der Waals surface area contributed by atoms with Crippen LogP contribution in [0.2, 0.25) is 0 Å². The second-order valence-electron chi connectivity index (χ2n) is 4.17. The molecule has 3 atom stereocenters. The Labute approximate surface area is 108 Å². The summed E-state index contributed by atoms with van der Waals surface area (Å²) in [6.07, 6.45) is 2.14. The van der Waals surface area contributed by atoms with Crippen LogP contribution in [-0.4, -0.2) is 42.7 Å². The summed E-state index contributed by atoms with van der Waals surface area (Å²) in [6.45, 7) is 0. The van der Waals surface area contributed by atoms with Gasteiger partial charge in [-0.2, -0.15) is 0 Å². The van der Waals surface area contributed by atoms with Gasteiger partial charge in [-0.3, -0.25) is 4.57 Å². The Morgan fingerprint density at radius 1 is 1.50 bits per heavy atom. The van der Waals surface area contributed by atoms with Crippen molar-refractivity contribution in [3.63, 3.8) is 0 Å². The van der Waals surface area contributed by atoms with Crippen molar-refractivity contribution in [1.82, 2.24) is 19.5 Å². The highest BCUT2D eigenvalue weighted by Gasteiger charge is 2.35. The first-order chi connectivity index (χ1) is 8.70. The normalized spacial score (nSPS) is 28.0. The van der Waals surface area contributed by atoms with E-state index in [0.717, 1.165) is 0 Å². The van der Waals surface area contributed by atoms with Crippen LogP contribution < -0.4 is 5.73 Å². The van der Waals surface area contributed by atoms with E-state index in [1.54, 1.807) is 10.9 Å². The maximum atomic E-state index is 9.78. The van der Waals surface area contributed by atoms with Crippen molar-refractivity contribution in [1.29, 1.82) is 0 Å². The average molecular weight is 270 g/mol. The molecule has 3 heterocycles. The number of nitrogens with zero attached hydrogens (tertiary/aromatic N) is 4. The van der Waals surface area contributed by atoms with E-state index < -0.39 is 6.10 Å². The van der Waals surface area contributed by atoms with E-state index in [2.05, 4.69) is 15.0 Å². The first kappa shape index (κ1) is 11.6. The zero-order chi connectivity index (χ0) is 12.7. The number of hydrogen-bond donors (Lipinski definition) is 2. The summed E-state index contributed by atoms with van der Waals surface area (Å²) in [4.78, 5) is 12.2. The van der Waals surface area contributed by atoms with E-state index in [9.17, 15) is 5.11 Å². The molecule has 2 aromatic heterocycles. The molecule has 7 nitrogen and oxygen atoms in total. The molecule has 0 aliphatic carbocycles. The first-order valence-electron chi connectivity index (χ1n) is 5.53. The van der Waals surface area contributed by atoms with E-state index in [1.807, 2.05) is 0 Å².